The number of rotatable bonds is 5. The van der Waals surface area contributed by atoms with Gasteiger partial charge in [-0.15, -0.1) is 0 Å². The number of nitrogens with zero attached hydrogens (tertiary/aromatic N) is 1. The molecule has 1 amide bonds. The van der Waals surface area contributed by atoms with Crippen LogP contribution >= 0.6 is 0 Å². The number of aliphatic hydroxyl groups is 1. The van der Waals surface area contributed by atoms with E-state index in [9.17, 15) is 9.90 Å². The van der Waals surface area contributed by atoms with E-state index in [0.29, 0.717) is 24.6 Å². The number of aryl methyl sites for hydroxylation is 2. The molecule has 1 fully saturated rings. The maximum atomic E-state index is 12.1. The van der Waals surface area contributed by atoms with Crippen LogP contribution in [0.2, 0.25) is 0 Å². The van der Waals surface area contributed by atoms with Gasteiger partial charge in [-0.25, -0.2) is 4.98 Å². The van der Waals surface area contributed by atoms with Crippen LogP contribution in [0.5, 0.6) is 0 Å². The van der Waals surface area contributed by atoms with Crippen LogP contribution in [-0.2, 0) is 4.74 Å². The lowest BCUT2D eigenvalue weighted by Crippen LogP contribution is -2.68. The van der Waals surface area contributed by atoms with Crippen LogP contribution in [0.25, 0.3) is 0 Å². The lowest BCUT2D eigenvalue weighted by molar-refractivity contribution is -0.237. The molecule has 0 bridgehead atoms. The predicted octanol–water partition coefficient (Wildman–Crippen LogP) is 1.59. The summed E-state index contributed by atoms with van der Waals surface area (Å²) in [6.45, 7) is 10.0. The summed E-state index contributed by atoms with van der Waals surface area (Å²) in [5, 5.41) is 13.4. The maximum Gasteiger partial charge on any atom is 0.289 e. The summed E-state index contributed by atoms with van der Waals surface area (Å²) in [6, 6.07) is 0. The number of hydrogen-bond acceptors (Lipinski definition) is 5. The first-order valence-corrected chi connectivity index (χ1v) is 7.27. The molecular weight excluding hydrogens is 272 g/mol. The van der Waals surface area contributed by atoms with Crippen LogP contribution < -0.4 is 5.32 Å². The van der Waals surface area contributed by atoms with Crippen LogP contribution in [0.15, 0.2) is 4.42 Å². The minimum atomic E-state index is -0.967. The van der Waals surface area contributed by atoms with Gasteiger partial charge in [-0.3, -0.25) is 4.79 Å². The first-order valence-electron chi connectivity index (χ1n) is 7.27. The van der Waals surface area contributed by atoms with Crippen molar-refractivity contribution in [2.75, 3.05) is 13.2 Å². The average Bonchev–Trinajstić information content (AvgIpc) is 2.75. The molecule has 0 aliphatic heterocycles. The Morgan fingerprint density at radius 2 is 2.19 bits per heavy atom. The third-order valence-electron chi connectivity index (χ3n) is 4.55. The molecule has 2 rings (SSSR count). The Labute approximate surface area is 124 Å². The average molecular weight is 296 g/mol. The Balaban J connectivity index is 1.97. The van der Waals surface area contributed by atoms with Gasteiger partial charge >= 0.3 is 0 Å². The van der Waals surface area contributed by atoms with Crippen LogP contribution in [0.1, 0.15) is 49.3 Å². The molecular formula is C15H24N2O4. The van der Waals surface area contributed by atoms with Crippen LogP contribution in [0.4, 0.5) is 0 Å². The largest absolute Gasteiger partial charge is 0.436 e. The fourth-order valence-corrected chi connectivity index (χ4v) is 2.81. The van der Waals surface area contributed by atoms with Gasteiger partial charge in [-0.2, -0.15) is 0 Å². The fourth-order valence-electron chi connectivity index (χ4n) is 2.81. The monoisotopic (exact) mass is 296 g/mol. The first-order chi connectivity index (χ1) is 9.71. The van der Waals surface area contributed by atoms with Gasteiger partial charge in [0.2, 0.25) is 5.76 Å². The third-order valence-corrected chi connectivity index (χ3v) is 4.55. The predicted molar refractivity (Wildman–Crippen MR) is 77.1 cm³/mol. The molecule has 0 spiro atoms. The molecule has 1 heterocycles. The molecule has 2 atom stereocenters. The Kier molecular flexibility index (Phi) is 4.13. The van der Waals surface area contributed by atoms with Gasteiger partial charge in [0.25, 0.3) is 5.91 Å². The van der Waals surface area contributed by atoms with Crippen molar-refractivity contribution >= 4 is 5.91 Å². The highest BCUT2D eigenvalue weighted by Crippen LogP contribution is 2.50. The summed E-state index contributed by atoms with van der Waals surface area (Å²) in [5.41, 5.74) is -0.814. The molecule has 0 saturated heterocycles. The molecule has 6 nitrogen and oxygen atoms in total. The molecule has 1 saturated carbocycles. The van der Waals surface area contributed by atoms with Gasteiger partial charge in [0.15, 0.2) is 5.89 Å². The number of carbonyl (C=O) groups is 1. The minimum absolute atomic E-state index is 0.0127. The van der Waals surface area contributed by atoms with E-state index in [1.807, 2.05) is 20.8 Å². The lowest BCUT2D eigenvalue weighted by Gasteiger charge is -2.57. The molecule has 1 aromatic heterocycles. The van der Waals surface area contributed by atoms with Crippen molar-refractivity contribution in [2.45, 2.75) is 52.7 Å². The van der Waals surface area contributed by atoms with E-state index in [4.69, 9.17) is 9.15 Å². The summed E-state index contributed by atoms with van der Waals surface area (Å²) < 4.78 is 10.9. The van der Waals surface area contributed by atoms with Crippen LogP contribution in [0.3, 0.4) is 0 Å². The van der Waals surface area contributed by atoms with Crippen LogP contribution in [-0.4, -0.2) is 40.9 Å². The number of oxazole rings is 1. The molecule has 1 aliphatic carbocycles. The third kappa shape index (κ3) is 2.70. The molecule has 0 aromatic carbocycles. The van der Waals surface area contributed by atoms with Gasteiger partial charge in [0, 0.05) is 31.9 Å². The summed E-state index contributed by atoms with van der Waals surface area (Å²) in [7, 11) is 0. The van der Waals surface area contributed by atoms with Crippen molar-refractivity contribution in [3.05, 3.63) is 17.3 Å². The molecule has 21 heavy (non-hydrogen) atoms. The standard InChI is InChI=1S/C15H24N2O4/c1-6-20-11-7-15(19,14(11,4)5)8-16-13(18)12-9(2)17-10(3)21-12/h11,19H,6-8H2,1-5H3,(H,16,18)/t11-,15-/m1/s1. The second-order valence-electron chi connectivity index (χ2n) is 6.23. The lowest BCUT2D eigenvalue weighted by atomic mass is 9.56. The summed E-state index contributed by atoms with van der Waals surface area (Å²) in [5.74, 6) is 0.309. The van der Waals surface area contributed by atoms with Crippen molar-refractivity contribution in [3.8, 4) is 0 Å². The number of carbonyl (C=O) groups excluding carboxylic acids is 1. The van der Waals surface area contributed by atoms with Crippen molar-refractivity contribution in [2.24, 2.45) is 5.41 Å². The van der Waals surface area contributed by atoms with Gasteiger partial charge in [-0.1, -0.05) is 13.8 Å². The summed E-state index contributed by atoms with van der Waals surface area (Å²) in [6.07, 6.45) is 0.529. The van der Waals surface area contributed by atoms with Crippen molar-refractivity contribution in [1.82, 2.24) is 10.3 Å². The zero-order valence-corrected chi connectivity index (χ0v) is 13.3. The van der Waals surface area contributed by atoms with E-state index < -0.39 is 11.0 Å². The Hall–Kier alpha value is -1.40. The van der Waals surface area contributed by atoms with E-state index in [2.05, 4.69) is 10.3 Å². The smallest absolute Gasteiger partial charge is 0.289 e. The highest BCUT2D eigenvalue weighted by molar-refractivity contribution is 5.92. The molecule has 118 valence electrons. The van der Waals surface area contributed by atoms with Gasteiger partial charge in [0.05, 0.1) is 17.4 Å². The fraction of sp³-hybridized carbons (Fsp3) is 0.733. The van der Waals surface area contributed by atoms with Gasteiger partial charge in [0.1, 0.15) is 0 Å². The van der Waals surface area contributed by atoms with E-state index in [1.165, 1.54) is 0 Å². The van der Waals surface area contributed by atoms with Crippen molar-refractivity contribution < 1.29 is 19.1 Å². The minimum Gasteiger partial charge on any atom is -0.436 e. The van der Waals surface area contributed by atoms with Gasteiger partial charge in [-0.05, 0) is 13.8 Å². The number of hydrogen-bond donors (Lipinski definition) is 2. The van der Waals surface area contributed by atoms with Gasteiger partial charge < -0.3 is 19.6 Å². The summed E-state index contributed by atoms with van der Waals surface area (Å²) in [4.78, 5) is 16.2. The Morgan fingerprint density at radius 1 is 1.52 bits per heavy atom. The normalized spacial score (nSPS) is 27.2. The molecule has 6 heteroatoms. The first kappa shape index (κ1) is 16.0. The topological polar surface area (TPSA) is 84.6 Å². The quantitative estimate of drug-likeness (QED) is 0.862. The number of ether oxygens (including phenoxy) is 1. The van der Waals surface area contributed by atoms with Crippen molar-refractivity contribution in [3.63, 3.8) is 0 Å². The zero-order valence-electron chi connectivity index (χ0n) is 13.3. The summed E-state index contributed by atoms with van der Waals surface area (Å²) >= 11 is 0. The van der Waals surface area contributed by atoms with E-state index in [-0.39, 0.29) is 24.3 Å². The highest BCUT2D eigenvalue weighted by Gasteiger charge is 2.60. The molecule has 1 aromatic rings. The van der Waals surface area contributed by atoms with Crippen molar-refractivity contribution in [1.29, 1.82) is 0 Å². The second kappa shape index (κ2) is 5.42. The van der Waals surface area contributed by atoms with E-state index >= 15 is 0 Å². The van der Waals surface area contributed by atoms with E-state index in [1.54, 1.807) is 13.8 Å². The number of amides is 1. The molecule has 2 N–H and O–H groups in total. The second-order valence-corrected chi connectivity index (χ2v) is 6.23. The molecule has 0 unspecified atom stereocenters. The molecule has 0 radical (unpaired) electrons. The Morgan fingerprint density at radius 3 is 2.67 bits per heavy atom. The molecule has 1 aliphatic rings. The number of nitrogens with one attached hydrogen (secondary N) is 1. The zero-order chi connectivity index (χ0) is 15.8. The highest BCUT2D eigenvalue weighted by atomic mass is 16.5. The number of aromatic nitrogens is 1. The Bertz CT molecular complexity index is 538. The maximum absolute atomic E-state index is 12.1. The van der Waals surface area contributed by atoms with E-state index in [0.717, 1.165) is 0 Å². The van der Waals surface area contributed by atoms with Crippen LogP contribution in [0, 0.1) is 19.3 Å². The SMILES string of the molecule is CCO[C@@H]1C[C@@](O)(CNC(=O)c2oc(C)nc2C)C1(C)C.